The lowest BCUT2D eigenvalue weighted by Gasteiger charge is -2.04. The summed E-state index contributed by atoms with van der Waals surface area (Å²) in [4.78, 5) is 4.38. The molecule has 18 heavy (non-hydrogen) atoms. The molecule has 0 aliphatic heterocycles. The summed E-state index contributed by atoms with van der Waals surface area (Å²) in [6.07, 6.45) is 1.74. The molecule has 88 valence electrons. The maximum atomic E-state index is 4.38. The maximum absolute atomic E-state index is 4.38. The Labute approximate surface area is 111 Å². The average molecular weight is 302 g/mol. The predicted molar refractivity (Wildman–Crippen MR) is 70.8 cm³/mol. The van der Waals surface area contributed by atoms with Crippen LogP contribution in [0.1, 0.15) is 5.82 Å². The molecule has 5 nitrogen and oxygen atoms in total. The fraction of sp³-hybridized carbons (Fsp3) is 0.0833. The van der Waals surface area contributed by atoms with Gasteiger partial charge in [0, 0.05) is 21.6 Å². The van der Waals surface area contributed by atoms with E-state index in [1.807, 2.05) is 24.3 Å². The first kappa shape index (κ1) is 11.2. The van der Waals surface area contributed by atoms with Gasteiger partial charge < -0.3 is 0 Å². The molecule has 0 aliphatic carbocycles. The number of fused-ring (bicyclic) bond motifs is 1. The fourth-order valence-corrected chi connectivity index (χ4v) is 2.16. The Balaban J connectivity index is 2.30. The number of aromatic nitrogens is 5. The Hall–Kier alpha value is -1.95. The quantitative estimate of drug-likeness (QED) is 0.691. The smallest absolute Gasteiger partial charge is 0.205 e. The number of hydrogen-bond donors (Lipinski definition) is 0. The first-order chi connectivity index (χ1) is 8.75. The van der Waals surface area contributed by atoms with Gasteiger partial charge in [0.05, 0.1) is 5.52 Å². The van der Waals surface area contributed by atoms with Crippen molar-refractivity contribution in [3.8, 4) is 11.4 Å². The normalized spacial score (nSPS) is 10.8. The minimum Gasteiger partial charge on any atom is -0.255 e. The first-order valence-electron chi connectivity index (χ1n) is 5.33. The molecular formula is C12H8BrN5. The predicted octanol–water partition coefficient (Wildman–Crippen LogP) is 2.55. The molecule has 2 aromatic heterocycles. The van der Waals surface area contributed by atoms with Gasteiger partial charge in [-0.05, 0) is 25.1 Å². The van der Waals surface area contributed by atoms with Gasteiger partial charge >= 0.3 is 0 Å². The summed E-state index contributed by atoms with van der Waals surface area (Å²) in [6.45, 7) is 1.75. The van der Waals surface area contributed by atoms with E-state index in [1.54, 1.807) is 13.1 Å². The van der Waals surface area contributed by atoms with E-state index >= 15 is 0 Å². The standard InChI is InChI=1S/C12H8BrN5/c1-7-15-17-12(18-16-7)9-4-5-10(13)8-3-2-6-14-11(8)9/h2-6H,1H3. The van der Waals surface area contributed by atoms with E-state index in [-0.39, 0.29) is 0 Å². The van der Waals surface area contributed by atoms with Crippen molar-refractivity contribution in [2.45, 2.75) is 6.92 Å². The zero-order chi connectivity index (χ0) is 12.5. The maximum Gasteiger partial charge on any atom is 0.205 e. The molecule has 2 heterocycles. The summed E-state index contributed by atoms with van der Waals surface area (Å²) in [6, 6.07) is 7.74. The summed E-state index contributed by atoms with van der Waals surface area (Å²) >= 11 is 3.50. The number of rotatable bonds is 1. The van der Waals surface area contributed by atoms with Crippen molar-refractivity contribution in [1.29, 1.82) is 0 Å². The van der Waals surface area contributed by atoms with Gasteiger partial charge in [0.15, 0.2) is 5.82 Å². The van der Waals surface area contributed by atoms with Crippen molar-refractivity contribution in [3.05, 3.63) is 40.8 Å². The molecule has 0 saturated carbocycles. The molecule has 3 rings (SSSR count). The van der Waals surface area contributed by atoms with E-state index in [9.17, 15) is 0 Å². The van der Waals surface area contributed by atoms with Crippen LogP contribution in [0.25, 0.3) is 22.3 Å². The summed E-state index contributed by atoms with van der Waals surface area (Å²) in [5.41, 5.74) is 1.66. The molecule has 0 spiro atoms. The lowest BCUT2D eigenvalue weighted by atomic mass is 10.1. The van der Waals surface area contributed by atoms with Gasteiger partial charge in [-0.1, -0.05) is 22.0 Å². The van der Waals surface area contributed by atoms with Crippen molar-refractivity contribution in [2.24, 2.45) is 0 Å². The van der Waals surface area contributed by atoms with Gasteiger partial charge in [-0.25, -0.2) is 0 Å². The Bertz CT molecular complexity index is 711. The Kier molecular flexibility index (Phi) is 2.71. The van der Waals surface area contributed by atoms with Gasteiger partial charge in [-0.15, -0.1) is 20.4 Å². The van der Waals surface area contributed by atoms with Crippen LogP contribution in [0.3, 0.4) is 0 Å². The minimum atomic E-state index is 0.483. The lowest BCUT2D eigenvalue weighted by molar-refractivity contribution is 0.816. The van der Waals surface area contributed by atoms with Crippen LogP contribution in [-0.2, 0) is 0 Å². The second kappa shape index (κ2) is 4.38. The molecule has 0 fully saturated rings. The van der Waals surface area contributed by atoms with Crippen molar-refractivity contribution >= 4 is 26.8 Å². The highest BCUT2D eigenvalue weighted by Crippen LogP contribution is 2.29. The number of benzene rings is 1. The molecule has 0 atom stereocenters. The van der Waals surface area contributed by atoms with E-state index < -0.39 is 0 Å². The number of halogens is 1. The van der Waals surface area contributed by atoms with Crippen molar-refractivity contribution in [2.75, 3.05) is 0 Å². The van der Waals surface area contributed by atoms with Gasteiger partial charge in [0.25, 0.3) is 0 Å². The van der Waals surface area contributed by atoms with Crippen LogP contribution in [0.2, 0.25) is 0 Å². The highest BCUT2D eigenvalue weighted by atomic mass is 79.9. The van der Waals surface area contributed by atoms with Crippen molar-refractivity contribution in [3.63, 3.8) is 0 Å². The average Bonchev–Trinajstić information content (AvgIpc) is 2.41. The molecule has 0 unspecified atom stereocenters. The number of aryl methyl sites for hydroxylation is 1. The van der Waals surface area contributed by atoms with E-state index in [0.29, 0.717) is 11.6 Å². The van der Waals surface area contributed by atoms with E-state index in [2.05, 4.69) is 41.3 Å². The van der Waals surface area contributed by atoms with E-state index in [0.717, 1.165) is 20.9 Å². The molecule has 3 aromatic rings. The minimum absolute atomic E-state index is 0.483. The fourth-order valence-electron chi connectivity index (χ4n) is 1.71. The van der Waals surface area contributed by atoms with E-state index in [4.69, 9.17) is 0 Å². The topological polar surface area (TPSA) is 64.5 Å². The largest absolute Gasteiger partial charge is 0.255 e. The molecule has 0 aliphatic rings. The number of pyridine rings is 1. The lowest BCUT2D eigenvalue weighted by Crippen LogP contribution is -1.99. The van der Waals surface area contributed by atoms with Gasteiger partial charge in [0.1, 0.15) is 0 Å². The Morgan fingerprint density at radius 2 is 1.78 bits per heavy atom. The first-order valence-corrected chi connectivity index (χ1v) is 6.12. The highest BCUT2D eigenvalue weighted by Gasteiger charge is 2.10. The SMILES string of the molecule is Cc1nnc(-c2ccc(Br)c3cccnc23)nn1. The molecule has 6 heteroatoms. The van der Waals surface area contributed by atoms with Crippen LogP contribution in [-0.4, -0.2) is 25.4 Å². The number of hydrogen-bond acceptors (Lipinski definition) is 5. The van der Waals surface area contributed by atoms with Crippen LogP contribution < -0.4 is 0 Å². The summed E-state index contributed by atoms with van der Waals surface area (Å²) in [5.74, 6) is 1.03. The van der Waals surface area contributed by atoms with Crippen LogP contribution in [0.4, 0.5) is 0 Å². The van der Waals surface area contributed by atoms with Crippen LogP contribution in [0.15, 0.2) is 34.9 Å². The van der Waals surface area contributed by atoms with E-state index in [1.165, 1.54) is 0 Å². The third kappa shape index (κ3) is 1.84. The molecule has 0 N–H and O–H groups in total. The van der Waals surface area contributed by atoms with Gasteiger partial charge in [0.2, 0.25) is 5.82 Å². The van der Waals surface area contributed by atoms with Crippen molar-refractivity contribution in [1.82, 2.24) is 25.4 Å². The third-order valence-corrected chi connectivity index (χ3v) is 3.23. The second-order valence-electron chi connectivity index (χ2n) is 3.77. The monoisotopic (exact) mass is 301 g/mol. The summed E-state index contributed by atoms with van der Waals surface area (Å²) in [7, 11) is 0. The third-order valence-electron chi connectivity index (χ3n) is 2.54. The molecule has 1 aromatic carbocycles. The summed E-state index contributed by atoms with van der Waals surface area (Å²) < 4.78 is 0.988. The zero-order valence-electron chi connectivity index (χ0n) is 9.50. The Morgan fingerprint density at radius 3 is 2.56 bits per heavy atom. The van der Waals surface area contributed by atoms with Gasteiger partial charge in [-0.2, -0.15) is 0 Å². The summed E-state index contributed by atoms with van der Waals surface area (Å²) in [5, 5.41) is 17.0. The van der Waals surface area contributed by atoms with Gasteiger partial charge in [-0.3, -0.25) is 4.98 Å². The molecule has 0 bridgehead atoms. The Morgan fingerprint density at radius 1 is 1.00 bits per heavy atom. The zero-order valence-corrected chi connectivity index (χ0v) is 11.1. The highest BCUT2D eigenvalue weighted by molar-refractivity contribution is 9.10. The van der Waals surface area contributed by atoms with Crippen molar-refractivity contribution < 1.29 is 0 Å². The molecule has 0 amide bonds. The van der Waals surface area contributed by atoms with Crippen LogP contribution in [0.5, 0.6) is 0 Å². The second-order valence-corrected chi connectivity index (χ2v) is 4.62. The molecule has 0 radical (unpaired) electrons. The van der Waals surface area contributed by atoms with Crippen LogP contribution >= 0.6 is 15.9 Å². The molecule has 0 saturated heterocycles. The number of nitrogens with zero attached hydrogens (tertiary/aromatic N) is 5. The molecular weight excluding hydrogens is 294 g/mol. The van der Waals surface area contributed by atoms with Crippen LogP contribution in [0, 0.1) is 6.92 Å².